The molecule has 0 amide bonds. The first-order valence-corrected chi connectivity index (χ1v) is 6.88. The van der Waals surface area contributed by atoms with Crippen LogP contribution in [0.3, 0.4) is 0 Å². The van der Waals surface area contributed by atoms with Crippen molar-refractivity contribution < 1.29 is 22.1 Å². The molecule has 0 bridgehead atoms. The molecular formula is C12H17O5S+. The molecule has 0 fully saturated rings. The first-order valence-electron chi connectivity index (χ1n) is 5.47. The summed E-state index contributed by atoms with van der Waals surface area (Å²) >= 11 is 0. The predicted molar refractivity (Wildman–Crippen MR) is 66.4 cm³/mol. The molecule has 100 valence electrons. The number of aryl methyl sites for hydroxylation is 1. The summed E-state index contributed by atoms with van der Waals surface area (Å²) in [6, 6.07) is 6.47. The molecule has 0 aliphatic rings. The summed E-state index contributed by atoms with van der Waals surface area (Å²) in [5.74, 6) is 0. The SMILES string of the molecule is [CH2+]OCCOCCOS(=O)(=O)c1ccc(C)cc1. The fraction of sp³-hybridized carbons (Fsp3) is 0.417. The van der Waals surface area contributed by atoms with Gasteiger partial charge in [-0.15, -0.1) is 0 Å². The second-order valence-electron chi connectivity index (χ2n) is 3.61. The molecule has 1 aromatic carbocycles. The van der Waals surface area contributed by atoms with E-state index in [-0.39, 0.29) is 18.1 Å². The van der Waals surface area contributed by atoms with E-state index in [2.05, 4.69) is 11.8 Å². The maximum Gasteiger partial charge on any atom is 0.297 e. The highest BCUT2D eigenvalue weighted by Gasteiger charge is 2.14. The maximum absolute atomic E-state index is 11.7. The first kappa shape index (κ1) is 15.0. The highest BCUT2D eigenvalue weighted by Crippen LogP contribution is 2.12. The standard InChI is InChI=1S/C12H17O5S/c1-11-3-5-12(6-4-11)18(13,14)17-10-9-16-8-7-15-2/h3-6H,2,7-10H2,1H3/q+1. The van der Waals surface area contributed by atoms with Crippen molar-refractivity contribution >= 4 is 10.1 Å². The van der Waals surface area contributed by atoms with E-state index in [1.165, 1.54) is 12.1 Å². The molecule has 0 saturated carbocycles. The van der Waals surface area contributed by atoms with Crippen LogP contribution in [0.2, 0.25) is 0 Å². The van der Waals surface area contributed by atoms with E-state index in [1.54, 1.807) is 12.1 Å². The molecule has 0 aromatic heterocycles. The van der Waals surface area contributed by atoms with Gasteiger partial charge in [0, 0.05) is 0 Å². The maximum atomic E-state index is 11.7. The molecule has 18 heavy (non-hydrogen) atoms. The normalized spacial score (nSPS) is 11.6. The van der Waals surface area contributed by atoms with Crippen LogP contribution in [0.4, 0.5) is 0 Å². The fourth-order valence-corrected chi connectivity index (χ4v) is 2.09. The Morgan fingerprint density at radius 1 is 1.06 bits per heavy atom. The van der Waals surface area contributed by atoms with Crippen molar-refractivity contribution in [2.75, 3.05) is 26.4 Å². The lowest BCUT2D eigenvalue weighted by atomic mass is 10.2. The molecule has 0 aliphatic carbocycles. The van der Waals surface area contributed by atoms with Crippen LogP contribution in [0.15, 0.2) is 29.2 Å². The molecule has 0 aliphatic heterocycles. The molecule has 0 saturated heterocycles. The van der Waals surface area contributed by atoms with Crippen LogP contribution in [0.1, 0.15) is 5.56 Å². The largest absolute Gasteiger partial charge is 0.376 e. The molecule has 0 radical (unpaired) electrons. The minimum Gasteiger partial charge on any atom is -0.376 e. The molecule has 0 N–H and O–H groups in total. The number of benzene rings is 1. The molecular weight excluding hydrogens is 256 g/mol. The lowest BCUT2D eigenvalue weighted by molar-refractivity contribution is 0.0649. The van der Waals surface area contributed by atoms with Crippen LogP contribution in [-0.2, 0) is 23.8 Å². The van der Waals surface area contributed by atoms with E-state index < -0.39 is 10.1 Å². The number of hydrogen-bond acceptors (Lipinski definition) is 5. The van der Waals surface area contributed by atoms with Gasteiger partial charge in [0.25, 0.3) is 10.1 Å². The lowest BCUT2D eigenvalue weighted by Gasteiger charge is -2.06. The van der Waals surface area contributed by atoms with Gasteiger partial charge >= 0.3 is 0 Å². The summed E-state index contributed by atoms with van der Waals surface area (Å²) in [6.45, 7) is 2.78. The van der Waals surface area contributed by atoms with Crippen LogP contribution in [0, 0.1) is 14.0 Å². The van der Waals surface area contributed by atoms with Gasteiger partial charge in [-0.1, -0.05) is 17.7 Å². The summed E-state index contributed by atoms with van der Waals surface area (Å²) in [7, 11) is -0.511. The van der Waals surface area contributed by atoms with Gasteiger partial charge in [-0.2, -0.15) is 13.2 Å². The quantitative estimate of drug-likeness (QED) is 0.408. The predicted octanol–water partition coefficient (Wildman–Crippen LogP) is 1.53. The summed E-state index contributed by atoms with van der Waals surface area (Å²) in [5.41, 5.74) is 0.991. The van der Waals surface area contributed by atoms with Gasteiger partial charge in [0.05, 0.1) is 24.7 Å². The van der Waals surface area contributed by atoms with E-state index in [9.17, 15) is 8.42 Å². The zero-order valence-corrected chi connectivity index (χ0v) is 11.1. The molecule has 0 atom stereocenters. The second kappa shape index (κ2) is 7.38. The second-order valence-corrected chi connectivity index (χ2v) is 5.23. The van der Waals surface area contributed by atoms with Crippen molar-refractivity contribution in [1.82, 2.24) is 0 Å². The minimum absolute atomic E-state index is 0.0205. The highest BCUT2D eigenvalue weighted by molar-refractivity contribution is 7.86. The van der Waals surface area contributed by atoms with Crippen molar-refractivity contribution in [3.05, 3.63) is 36.9 Å². The van der Waals surface area contributed by atoms with E-state index in [0.29, 0.717) is 13.2 Å². The number of ether oxygens (including phenoxy) is 2. The van der Waals surface area contributed by atoms with Gasteiger partial charge in [-0.25, -0.2) is 0 Å². The van der Waals surface area contributed by atoms with Crippen LogP contribution in [0.5, 0.6) is 0 Å². The summed E-state index contributed by atoms with van der Waals surface area (Å²) in [5, 5.41) is 0. The Morgan fingerprint density at radius 2 is 1.67 bits per heavy atom. The third-order valence-electron chi connectivity index (χ3n) is 2.15. The van der Waals surface area contributed by atoms with Gasteiger partial charge in [0.15, 0.2) is 0 Å². The average molecular weight is 273 g/mol. The Balaban J connectivity index is 2.38. The molecule has 1 rings (SSSR count). The fourth-order valence-electron chi connectivity index (χ4n) is 1.20. The van der Waals surface area contributed by atoms with Crippen LogP contribution < -0.4 is 0 Å². The molecule has 1 aromatic rings. The lowest BCUT2D eigenvalue weighted by Crippen LogP contribution is -2.13. The summed E-state index contributed by atoms with van der Waals surface area (Å²) < 4.78 is 37.9. The number of hydrogen-bond donors (Lipinski definition) is 0. The topological polar surface area (TPSA) is 61.8 Å². The molecule has 0 spiro atoms. The highest BCUT2D eigenvalue weighted by atomic mass is 32.2. The van der Waals surface area contributed by atoms with Crippen LogP contribution >= 0.6 is 0 Å². The van der Waals surface area contributed by atoms with E-state index >= 15 is 0 Å². The van der Waals surface area contributed by atoms with Crippen LogP contribution in [0.25, 0.3) is 0 Å². The summed E-state index contributed by atoms with van der Waals surface area (Å²) in [6.07, 6.45) is 0. The third-order valence-corrected chi connectivity index (χ3v) is 3.47. The van der Waals surface area contributed by atoms with Gasteiger partial charge < -0.3 is 4.74 Å². The van der Waals surface area contributed by atoms with Gasteiger partial charge in [-0.3, -0.25) is 4.18 Å². The zero-order valence-electron chi connectivity index (χ0n) is 10.3. The minimum atomic E-state index is -3.69. The average Bonchev–Trinajstić information content (AvgIpc) is 2.34. The van der Waals surface area contributed by atoms with E-state index in [4.69, 9.17) is 8.92 Å². The molecule has 5 nitrogen and oxygen atoms in total. The Kier molecular flexibility index (Phi) is 6.14. The van der Waals surface area contributed by atoms with Crippen molar-refractivity contribution in [1.29, 1.82) is 0 Å². The van der Waals surface area contributed by atoms with Crippen molar-refractivity contribution in [3.8, 4) is 0 Å². The number of rotatable bonds is 8. The van der Waals surface area contributed by atoms with Crippen molar-refractivity contribution in [3.63, 3.8) is 0 Å². The molecule has 0 unspecified atom stereocenters. The molecule has 6 heteroatoms. The van der Waals surface area contributed by atoms with Gasteiger partial charge in [-0.05, 0) is 19.1 Å². The van der Waals surface area contributed by atoms with E-state index in [0.717, 1.165) is 5.56 Å². The monoisotopic (exact) mass is 273 g/mol. The summed E-state index contributed by atoms with van der Waals surface area (Å²) in [4.78, 5) is 0.147. The Bertz CT molecular complexity index is 438. The Labute approximate surface area is 108 Å². The zero-order chi connectivity index (χ0) is 13.4. The van der Waals surface area contributed by atoms with Gasteiger partial charge in [0.1, 0.15) is 6.61 Å². The Morgan fingerprint density at radius 3 is 2.28 bits per heavy atom. The van der Waals surface area contributed by atoms with Crippen LogP contribution in [-0.4, -0.2) is 34.8 Å². The van der Waals surface area contributed by atoms with Gasteiger partial charge in [0.2, 0.25) is 7.11 Å². The molecule has 0 heterocycles. The smallest absolute Gasteiger partial charge is 0.297 e. The Hall–Kier alpha value is -1.08. The van der Waals surface area contributed by atoms with E-state index in [1.807, 2.05) is 6.92 Å². The van der Waals surface area contributed by atoms with Crippen molar-refractivity contribution in [2.24, 2.45) is 0 Å². The first-order chi connectivity index (χ1) is 8.56. The van der Waals surface area contributed by atoms with Crippen molar-refractivity contribution in [2.45, 2.75) is 11.8 Å². The third kappa shape index (κ3) is 5.05.